The average molecular weight is 582 g/mol. The van der Waals surface area contributed by atoms with Crippen LogP contribution in [-0.2, 0) is 23.8 Å². The summed E-state index contributed by atoms with van der Waals surface area (Å²) >= 11 is 0. The van der Waals surface area contributed by atoms with Crippen molar-refractivity contribution < 1.29 is 48.0 Å². The van der Waals surface area contributed by atoms with Crippen molar-refractivity contribution in [2.45, 2.75) is 118 Å². The molecule has 0 spiro atoms. The molecule has 0 bridgehead atoms. The lowest BCUT2D eigenvalue weighted by Gasteiger charge is -2.32. The van der Waals surface area contributed by atoms with Gasteiger partial charge in [0.1, 0.15) is 23.3 Å². The van der Waals surface area contributed by atoms with Crippen molar-refractivity contribution >= 4 is 24.2 Å². The number of rotatable bonds is 14. The molecule has 11 heteroatoms. The van der Waals surface area contributed by atoms with Crippen molar-refractivity contribution in [3.63, 3.8) is 0 Å². The molecule has 3 unspecified atom stereocenters. The number of carbonyl (C=O) groups is 4. The van der Waals surface area contributed by atoms with Crippen molar-refractivity contribution in [2.75, 3.05) is 0 Å². The van der Waals surface area contributed by atoms with Crippen LogP contribution in [0.25, 0.3) is 0 Å². The van der Waals surface area contributed by atoms with Crippen molar-refractivity contribution in [1.29, 1.82) is 0 Å². The summed E-state index contributed by atoms with van der Waals surface area (Å²) in [5.41, 5.74) is 4.83. The first-order valence-corrected chi connectivity index (χ1v) is 14.0. The second kappa shape index (κ2) is 15.0. The minimum Gasteiger partial charge on any atom is -0.480 e. The zero-order chi connectivity index (χ0) is 31.7. The Hall–Kier alpha value is -3.34. The normalized spacial score (nSPS) is 14.8. The van der Waals surface area contributed by atoms with E-state index in [1.807, 2.05) is 27.7 Å². The molecular weight excluding hydrogens is 534 g/mol. The van der Waals surface area contributed by atoms with Gasteiger partial charge in [-0.15, -0.1) is 0 Å². The van der Waals surface area contributed by atoms with E-state index >= 15 is 0 Å². The highest BCUT2D eigenvalue weighted by Crippen LogP contribution is 2.38. The van der Waals surface area contributed by atoms with Gasteiger partial charge in [-0.1, -0.05) is 40.7 Å². The van der Waals surface area contributed by atoms with Crippen LogP contribution in [0.2, 0.25) is 0 Å². The Morgan fingerprint density at radius 1 is 0.854 bits per heavy atom. The average Bonchev–Trinajstić information content (AvgIpc) is 2.84. The molecule has 1 rings (SSSR count). The fraction of sp³-hybridized carbons (Fsp3) is 0.667. The van der Waals surface area contributed by atoms with Gasteiger partial charge in [0.15, 0.2) is 11.5 Å². The summed E-state index contributed by atoms with van der Waals surface area (Å²) in [7, 11) is 0. The van der Waals surface area contributed by atoms with Crippen LogP contribution in [0, 0.1) is 11.8 Å². The molecule has 0 aliphatic rings. The fourth-order valence-corrected chi connectivity index (χ4v) is 3.69. The second-order valence-electron chi connectivity index (χ2n) is 11.9. The Balaban J connectivity index is 3.52. The topological polar surface area (TPSA) is 161 Å². The molecular formula is C30H47NO10. The number of aliphatic carboxylic acids is 1. The summed E-state index contributed by atoms with van der Waals surface area (Å²) < 4.78 is 27.1. The number of carboxylic acids is 1. The monoisotopic (exact) mass is 581 g/mol. The smallest absolute Gasteiger partial charge is 0.480 e. The minimum atomic E-state index is -1.41. The summed E-state index contributed by atoms with van der Waals surface area (Å²) in [6.07, 6.45) is -1.53. The number of nitrogens with two attached hydrogens (primary N) is 1. The third-order valence-corrected chi connectivity index (χ3v) is 7.03. The molecule has 0 radical (unpaired) electrons. The molecule has 3 N–H and O–H groups in total. The van der Waals surface area contributed by atoms with E-state index in [2.05, 4.69) is 0 Å². The molecule has 41 heavy (non-hydrogen) atoms. The summed E-state index contributed by atoms with van der Waals surface area (Å²) in [5.74, 6) is -3.42. The van der Waals surface area contributed by atoms with E-state index in [1.165, 1.54) is 18.2 Å². The molecule has 0 aliphatic carbocycles. The van der Waals surface area contributed by atoms with Gasteiger partial charge in [0.05, 0.1) is 0 Å². The van der Waals surface area contributed by atoms with Gasteiger partial charge in [-0.25, -0.2) is 9.59 Å². The van der Waals surface area contributed by atoms with E-state index in [1.54, 1.807) is 41.5 Å². The maximum atomic E-state index is 12.7. The van der Waals surface area contributed by atoms with Crippen LogP contribution in [-0.4, -0.2) is 52.7 Å². The Bertz CT molecular complexity index is 1070. The maximum absolute atomic E-state index is 12.7. The molecule has 0 aromatic heterocycles. The van der Waals surface area contributed by atoms with Crippen molar-refractivity contribution in [2.24, 2.45) is 17.6 Å². The zero-order valence-corrected chi connectivity index (χ0v) is 25.9. The Morgan fingerprint density at radius 3 is 1.78 bits per heavy atom. The van der Waals surface area contributed by atoms with E-state index in [4.69, 9.17) is 29.4 Å². The SMILES string of the molecule is CCC(C)(C)OC(=O)Oc1ccc(C(C(C)C(C)OC(=O)CC(C)C)[C@H](N)C(=O)O)cc1OC(=O)OC(C)(C)CC. The molecule has 1 aromatic rings. The molecule has 232 valence electrons. The van der Waals surface area contributed by atoms with Gasteiger partial charge in [-0.05, 0) is 71.1 Å². The lowest BCUT2D eigenvalue weighted by Crippen LogP contribution is -2.42. The molecule has 0 amide bonds. The van der Waals surface area contributed by atoms with E-state index in [9.17, 15) is 24.3 Å². The first-order valence-electron chi connectivity index (χ1n) is 14.0. The molecule has 0 heterocycles. The first-order chi connectivity index (χ1) is 18.8. The van der Waals surface area contributed by atoms with Crippen LogP contribution in [0.15, 0.2) is 18.2 Å². The lowest BCUT2D eigenvalue weighted by atomic mass is 9.79. The van der Waals surface area contributed by atoms with Crippen LogP contribution in [0.5, 0.6) is 11.5 Å². The molecule has 0 fully saturated rings. The van der Waals surface area contributed by atoms with Gasteiger partial charge in [0.25, 0.3) is 0 Å². The lowest BCUT2D eigenvalue weighted by molar-refractivity contribution is -0.152. The third kappa shape index (κ3) is 11.6. The van der Waals surface area contributed by atoms with Gasteiger partial charge in [0.2, 0.25) is 0 Å². The van der Waals surface area contributed by atoms with E-state index in [0.29, 0.717) is 18.4 Å². The van der Waals surface area contributed by atoms with Crippen molar-refractivity contribution in [1.82, 2.24) is 0 Å². The van der Waals surface area contributed by atoms with Gasteiger partial charge >= 0.3 is 24.2 Å². The molecule has 0 aliphatic heterocycles. The summed E-state index contributed by atoms with van der Waals surface area (Å²) in [4.78, 5) is 49.5. The zero-order valence-electron chi connectivity index (χ0n) is 25.9. The maximum Gasteiger partial charge on any atom is 0.514 e. The Morgan fingerprint density at radius 2 is 1.34 bits per heavy atom. The minimum absolute atomic E-state index is 0.0846. The van der Waals surface area contributed by atoms with Gasteiger partial charge in [0, 0.05) is 18.3 Å². The van der Waals surface area contributed by atoms with Crippen LogP contribution < -0.4 is 15.2 Å². The first kappa shape index (κ1) is 35.7. The van der Waals surface area contributed by atoms with Crippen molar-refractivity contribution in [3.05, 3.63) is 23.8 Å². The highest BCUT2D eigenvalue weighted by molar-refractivity contribution is 5.75. The van der Waals surface area contributed by atoms with Crippen molar-refractivity contribution in [3.8, 4) is 11.5 Å². The summed E-state index contributed by atoms with van der Waals surface area (Å²) in [6.45, 7) is 17.7. The number of benzene rings is 1. The summed E-state index contributed by atoms with van der Waals surface area (Å²) in [5, 5.41) is 9.80. The molecule has 1 aromatic carbocycles. The highest BCUT2D eigenvalue weighted by Gasteiger charge is 2.36. The molecule has 4 atom stereocenters. The Kier molecular flexibility index (Phi) is 13.1. The standard InChI is InChI=1S/C30H47NO10/c1-11-29(7,8)40-27(35)38-21-14-13-20(16-22(21)39-28(36)41-30(9,10)12-2)24(25(31)26(33)34)18(5)19(6)37-23(32)15-17(3)4/h13-14,16-19,24-25H,11-12,15,31H2,1-10H3,(H,33,34)/t18?,19?,24?,25-/m0/s1. The number of carboxylic acid groups (broad SMARTS) is 1. The van der Waals surface area contributed by atoms with E-state index in [0.717, 1.165) is 0 Å². The fourth-order valence-electron chi connectivity index (χ4n) is 3.69. The van der Waals surface area contributed by atoms with Crippen LogP contribution in [0.3, 0.4) is 0 Å². The van der Waals surface area contributed by atoms with Gasteiger partial charge < -0.3 is 34.5 Å². The number of carbonyl (C=O) groups excluding carboxylic acids is 3. The third-order valence-electron chi connectivity index (χ3n) is 7.03. The van der Waals surface area contributed by atoms with Crippen LogP contribution >= 0.6 is 0 Å². The van der Waals surface area contributed by atoms with Crippen LogP contribution in [0.4, 0.5) is 9.59 Å². The van der Waals surface area contributed by atoms with Gasteiger partial charge in [-0.2, -0.15) is 0 Å². The van der Waals surface area contributed by atoms with E-state index in [-0.39, 0.29) is 23.8 Å². The van der Waals surface area contributed by atoms with E-state index < -0.39 is 59.4 Å². The van der Waals surface area contributed by atoms with Crippen LogP contribution in [0.1, 0.15) is 100.0 Å². The van der Waals surface area contributed by atoms with Gasteiger partial charge in [-0.3, -0.25) is 9.59 Å². The molecule has 0 saturated carbocycles. The molecule has 11 nitrogen and oxygen atoms in total. The number of hydrogen-bond acceptors (Lipinski definition) is 10. The summed E-state index contributed by atoms with van der Waals surface area (Å²) in [6, 6.07) is 2.82. The second-order valence-corrected chi connectivity index (χ2v) is 11.9. The quantitative estimate of drug-likeness (QED) is 0.146. The number of ether oxygens (including phenoxy) is 5. The largest absolute Gasteiger partial charge is 0.514 e. The Labute approximate surface area is 243 Å². The molecule has 0 saturated heterocycles. The highest BCUT2D eigenvalue weighted by atomic mass is 16.8. The predicted octanol–water partition coefficient (Wildman–Crippen LogP) is 6.20. The predicted molar refractivity (Wildman–Crippen MR) is 152 cm³/mol. The number of esters is 1. The number of hydrogen-bond donors (Lipinski definition) is 2.